The van der Waals surface area contributed by atoms with Gasteiger partial charge in [0.15, 0.2) is 5.78 Å². The number of hydrogen-bond acceptors (Lipinski definition) is 3. The third kappa shape index (κ3) is 3.78. The summed E-state index contributed by atoms with van der Waals surface area (Å²) in [7, 11) is 1.56. The molecule has 0 aliphatic rings. The quantitative estimate of drug-likeness (QED) is 0.660. The number of allylic oxidation sites excluding steroid dienone is 1. The predicted molar refractivity (Wildman–Crippen MR) is 84.5 cm³/mol. The van der Waals surface area contributed by atoms with E-state index in [0.29, 0.717) is 21.9 Å². The highest BCUT2D eigenvalue weighted by Crippen LogP contribution is 2.32. The fourth-order valence-electron chi connectivity index (χ4n) is 1.73. The summed E-state index contributed by atoms with van der Waals surface area (Å²) in [5.41, 5.74) is 0.897. The van der Waals surface area contributed by atoms with E-state index in [9.17, 15) is 9.90 Å². The molecule has 0 heterocycles. The standard InChI is InChI=1S/C16H12Cl2O3/c1-21-13-5-2-10(3-6-13)15(19)7-4-11-8-12(17)9-14(18)16(11)20/h2-9,20H,1H3. The smallest absolute Gasteiger partial charge is 0.185 e. The Bertz CT molecular complexity index is 691. The van der Waals surface area contributed by atoms with Crippen molar-refractivity contribution in [1.29, 1.82) is 0 Å². The molecule has 3 nitrogen and oxygen atoms in total. The lowest BCUT2D eigenvalue weighted by Gasteiger charge is -2.03. The molecule has 1 N–H and O–H groups in total. The van der Waals surface area contributed by atoms with Crippen LogP contribution in [0.3, 0.4) is 0 Å². The zero-order valence-electron chi connectivity index (χ0n) is 11.1. The van der Waals surface area contributed by atoms with Gasteiger partial charge in [-0.3, -0.25) is 4.79 Å². The second kappa shape index (κ2) is 6.66. The topological polar surface area (TPSA) is 46.5 Å². The zero-order chi connectivity index (χ0) is 15.4. The van der Waals surface area contributed by atoms with Gasteiger partial charge in [-0.25, -0.2) is 0 Å². The summed E-state index contributed by atoms with van der Waals surface area (Å²) in [6.45, 7) is 0. The number of phenolic OH excluding ortho intramolecular Hbond substituents is 1. The molecular formula is C16H12Cl2O3. The molecule has 0 atom stereocenters. The minimum Gasteiger partial charge on any atom is -0.506 e. The van der Waals surface area contributed by atoms with Gasteiger partial charge in [0.2, 0.25) is 0 Å². The third-order valence-electron chi connectivity index (χ3n) is 2.85. The summed E-state index contributed by atoms with van der Waals surface area (Å²) in [5, 5.41) is 10.3. The molecular weight excluding hydrogens is 311 g/mol. The van der Waals surface area contributed by atoms with Crippen LogP contribution in [0.25, 0.3) is 6.08 Å². The summed E-state index contributed by atoms with van der Waals surface area (Å²) in [4.78, 5) is 12.0. The number of rotatable bonds is 4. The van der Waals surface area contributed by atoms with Gasteiger partial charge >= 0.3 is 0 Å². The SMILES string of the molecule is COc1ccc(C(=O)C=Cc2cc(Cl)cc(Cl)c2O)cc1. The van der Waals surface area contributed by atoms with E-state index in [1.54, 1.807) is 31.4 Å². The molecule has 0 saturated carbocycles. The van der Waals surface area contributed by atoms with Crippen LogP contribution in [0.4, 0.5) is 0 Å². The molecule has 5 heteroatoms. The molecule has 108 valence electrons. The van der Waals surface area contributed by atoms with Crippen LogP contribution >= 0.6 is 23.2 Å². The first kappa shape index (κ1) is 15.4. The molecule has 0 aliphatic carbocycles. The maximum absolute atomic E-state index is 12.0. The largest absolute Gasteiger partial charge is 0.506 e. The lowest BCUT2D eigenvalue weighted by atomic mass is 10.1. The molecule has 0 bridgehead atoms. The van der Waals surface area contributed by atoms with Gasteiger partial charge in [0.25, 0.3) is 0 Å². The molecule has 0 aromatic heterocycles. The van der Waals surface area contributed by atoms with E-state index in [0.717, 1.165) is 0 Å². The fourth-order valence-corrected chi connectivity index (χ4v) is 2.24. The van der Waals surface area contributed by atoms with Crippen molar-refractivity contribution in [2.45, 2.75) is 0 Å². The molecule has 0 spiro atoms. The van der Waals surface area contributed by atoms with Crippen molar-refractivity contribution in [2.75, 3.05) is 7.11 Å². The number of ketones is 1. The van der Waals surface area contributed by atoms with Crippen LogP contribution in [0.2, 0.25) is 10.0 Å². The van der Waals surface area contributed by atoms with Crippen LogP contribution in [0, 0.1) is 0 Å². The van der Waals surface area contributed by atoms with Gasteiger partial charge < -0.3 is 9.84 Å². The number of halogens is 2. The number of ether oxygens (including phenoxy) is 1. The number of benzene rings is 2. The van der Waals surface area contributed by atoms with Gasteiger partial charge in [-0.2, -0.15) is 0 Å². The Morgan fingerprint density at radius 1 is 1.19 bits per heavy atom. The molecule has 0 saturated heterocycles. The van der Waals surface area contributed by atoms with E-state index < -0.39 is 0 Å². The van der Waals surface area contributed by atoms with Crippen molar-refractivity contribution >= 4 is 35.1 Å². The van der Waals surface area contributed by atoms with E-state index in [2.05, 4.69) is 0 Å². The van der Waals surface area contributed by atoms with Crippen molar-refractivity contribution in [3.05, 3.63) is 63.6 Å². The Kier molecular flexibility index (Phi) is 4.89. The van der Waals surface area contributed by atoms with Gasteiger partial charge in [0, 0.05) is 16.1 Å². The van der Waals surface area contributed by atoms with Crippen LogP contribution in [0.5, 0.6) is 11.5 Å². The zero-order valence-corrected chi connectivity index (χ0v) is 12.7. The fraction of sp³-hybridized carbons (Fsp3) is 0.0625. The Morgan fingerprint density at radius 2 is 1.86 bits per heavy atom. The molecule has 2 rings (SSSR count). The van der Waals surface area contributed by atoms with E-state index in [1.807, 2.05) is 0 Å². The monoisotopic (exact) mass is 322 g/mol. The highest BCUT2D eigenvalue weighted by atomic mass is 35.5. The Morgan fingerprint density at radius 3 is 2.48 bits per heavy atom. The highest BCUT2D eigenvalue weighted by molar-refractivity contribution is 6.35. The Labute approximate surface area is 132 Å². The highest BCUT2D eigenvalue weighted by Gasteiger charge is 2.07. The molecule has 0 aliphatic heterocycles. The maximum atomic E-state index is 12.0. The summed E-state index contributed by atoms with van der Waals surface area (Å²) in [5.74, 6) is 0.364. The summed E-state index contributed by atoms with van der Waals surface area (Å²) < 4.78 is 5.03. The average Bonchev–Trinajstić information content (AvgIpc) is 2.49. The van der Waals surface area contributed by atoms with Crippen LogP contribution < -0.4 is 4.74 Å². The van der Waals surface area contributed by atoms with Crippen LogP contribution in [-0.4, -0.2) is 18.0 Å². The summed E-state index contributed by atoms with van der Waals surface area (Å²) in [6, 6.07) is 9.69. The normalized spacial score (nSPS) is 10.8. The van der Waals surface area contributed by atoms with E-state index in [4.69, 9.17) is 27.9 Å². The summed E-state index contributed by atoms with van der Waals surface area (Å²) in [6.07, 6.45) is 2.82. The van der Waals surface area contributed by atoms with E-state index in [-0.39, 0.29) is 16.6 Å². The molecule has 0 radical (unpaired) electrons. The van der Waals surface area contributed by atoms with Crippen molar-refractivity contribution in [3.63, 3.8) is 0 Å². The van der Waals surface area contributed by atoms with Crippen LogP contribution in [-0.2, 0) is 0 Å². The molecule has 0 unspecified atom stereocenters. The Hall–Kier alpha value is -1.97. The number of carbonyl (C=O) groups is 1. The second-order valence-electron chi connectivity index (χ2n) is 4.25. The number of phenols is 1. The maximum Gasteiger partial charge on any atom is 0.185 e. The Balaban J connectivity index is 2.22. The van der Waals surface area contributed by atoms with Gasteiger partial charge in [-0.1, -0.05) is 23.2 Å². The van der Waals surface area contributed by atoms with Crippen molar-refractivity contribution in [1.82, 2.24) is 0 Å². The van der Waals surface area contributed by atoms with Crippen molar-refractivity contribution < 1.29 is 14.6 Å². The van der Waals surface area contributed by atoms with Crippen molar-refractivity contribution in [2.24, 2.45) is 0 Å². The molecule has 2 aromatic rings. The van der Waals surface area contributed by atoms with Crippen LogP contribution in [0.15, 0.2) is 42.5 Å². The first-order valence-corrected chi connectivity index (χ1v) is 6.81. The third-order valence-corrected chi connectivity index (χ3v) is 3.35. The lowest BCUT2D eigenvalue weighted by molar-refractivity contribution is 0.104. The van der Waals surface area contributed by atoms with Crippen LogP contribution in [0.1, 0.15) is 15.9 Å². The molecule has 0 amide bonds. The predicted octanol–water partition coefficient (Wildman–Crippen LogP) is 4.60. The minimum absolute atomic E-state index is 0.111. The molecule has 21 heavy (non-hydrogen) atoms. The van der Waals surface area contributed by atoms with Crippen molar-refractivity contribution in [3.8, 4) is 11.5 Å². The first-order valence-electron chi connectivity index (χ1n) is 6.05. The summed E-state index contributed by atoms with van der Waals surface area (Å²) >= 11 is 11.7. The van der Waals surface area contributed by atoms with E-state index >= 15 is 0 Å². The lowest BCUT2D eigenvalue weighted by Crippen LogP contribution is -1.94. The number of hydrogen-bond donors (Lipinski definition) is 1. The van der Waals surface area contributed by atoms with Gasteiger partial charge in [0.05, 0.1) is 12.1 Å². The van der Waals surface area contributed by atoms with Gasteiger partial charge in [-0.15, -0.1) is 0 Å². The number of carbonyl (C=O) groups excluding carboxylic acids is 1. The van der Waals surface area contributed by atoms with Gasteiger partial charge in [-0.05, 0) is 48.6 Å². The van der Waals surface area contributed by atoms with E-state index in [1.165, 1.54) is 24.3 Å². The number of methoxy groups -OCH3 is 1. The number of aromatic hydroxyl groups is 1. The average molecular weight is 323 g/mol. The molecule has 2 aromatic carbocycles. The second-order valence-corrected chi connectivity index (χ2v) is 5.10. The first-order chi connectivity index (χ1) is 10.0. The van der Waals surface area contributed by atoms with Gasteiger partial charge in [0.1, 0.15) is 11.5 Å². The molecule has 0 fully saturated rings. The minimum atomic E-state index is -0.201.